The molecule has 0 saturated carbocycles. The SMILES string of the molecule is Cc1cc(/C=C/C(=O)O)nc2c(F)cc(F)cc12. The molecule has 3 nitrogen and oxygen atoms in total. The van der Waals surface area contributed by atoms with Crippen molar-refractivity contribution in [1.29, 1.82) is 0 Å². The van der Waals surface area contributed by atoms with E-state index < -0.39 is 17.6 Å². The lowest BCUT2D eigenvalue weighted by Crippen LogP contribution is -1.93. The van der Waals surface area contributed by atoms with E-state index in [4.69, 9.17) is 5.11 Å². The molecule has 5 heteroatoms. The molecule has 0 radical (unpaired) electrons. The van der Waals surface area contributed by atoms with Gasteiger partial charge < -0.3 is 5.11 Å². The lowest BCUT2D eigenvalue weighted by Gasteiger charge is -2.05. The van der Waals surface area contributed by atoms with Gasteiger partial charge in [0, 0.05) is 17.5 Å². The van der Waals surface area contributed by atoms with Gasteiger partial charge in [0.1, 0.15) is 11.3 Å². The normalized spacial score (nSPS) is 11.3. The Balaban J connectivity index is 2.65. The van der Waals surface area contributed by atoms with Crippen molar-refractivity contribution in [2.24, 2.45) is 0 Å². The number of nitrogens with zero attached hydrogens (tertiary/aromatic N) is 1. The molecule has 0 spiro atoms. The highest BCUT2D eigenvalue weighted by Crippen LogP contribution is 2.22. The summed E-state index contributed by atoms with van der Waals surface area (Å²) in [5.74, 6) is -2.55. The molecular weight excluding hydrogens is 240 g/mol. The second kappa shape index (κ2) is 4.52. The smallest absolute Gasteiger partial charge is 0.328 e. The minimum Gasteiger partial charge on any atom is -0.478 e. The molecule has 92 valence electrons. The van der Waals surface area contributed by atoms with Gasteiger partial charge in [-0.15, -0.1) is 0 Å². The monoisotopic (exact) mass is 249 g/mol. The minimum absolute atomic E-state index is 0.0291. The zero-order valence-corrected chi connectivity index (χ0v) is 9.45. The van der Waals surface area contributed by atoms with Crippen molar-refractivity contribution < 1.29 is 18.7 Å². The molecule has 0 aliphatic carbocycles. The highest BCUT2D eigenvalue weighted by Gasteiger charge is 2.08. The van der Waals surface area contributed by atoms with Gasteiger partial charge in [0.05, 0.1) is 5.69 Å². The fourth-order valence-electron chi connectivity index (χ4n) is 1.68. The van der Waals surface area contributed by atoms with Gasteiger partial charge in [0.2, 0.25) is 0 Å². The van der Waals surface area contributed by atoms with E-state index in [0.29, 0.717) is 16.6 Å². The summed E-state index contributed by atoms with van der Waals surface area (Å²) in [7, 11) is 0. The third-order valence-electron chi connectivity index (χ3n) is 2.45. The van der Waals surface area contributed by atoms with Crippen LogP contribution in [0.15, 0.2) is 24.3 Å². The number of aromatic nitrogens is 1. The first-order valence-corrected chi connectivity index (χ1v) is 5.15. The Morgan fingerprint density at radius 3 is 2.72 bits per heavy atom. The molecule has 2 rings (SSSR count). The number of aliphatic carboxylic acids is 1. The summed E-state index contributed by atoms with van der Waals surface area (Å²) in [6, 6.07) is 3.52. The first kappa shape index (κ1) is 12.2. The minimum atomic E-state index is -1.12. The van der Waals surface area contributed by atoms with Crippen LogP contribution in [0.3, 0.4) is 0 Å². The van der Waals surface area contributed by atoms with Crippen LogP contribution in [0.5, 0.6) is 0 Å². The molecule has 0 atom stereocenters. The Bertz CT molecular complexity index is 666. The van der Waals surface area contributed by atoms with Crippen LogP contribution < -0.4 is 0 Å². The number of hydrogen-bond donors (Lipinski definition) is 1. The van der Waals surface area contributed by atoms with E-state index in [-0.39, 0.29) is 5.52 Å². The maximum atomic E-state index is 13.6. The first-order chi connectivity index (χ1) is 8.47. The molecule has 0 bridgehead atoms. The number of fused-ring (bicyclic) bond motifs is 1. The molecule has 0 saturated heterocycles. The van der Waals surface area contributed by atoms with Gasteiger partial charge in [-0.2, -0.15) is 0 Å². The Labute approximate surface area is 101 Å². The van der Waals surface area contributed by atoms with Crippen molar-refractivity contribution in [3.63, 3.8) is 0 Å². The average Bonchev–Trinajstić information content (AvgIpc) is 2.28. The number of aryl methyl sites for hydroxylation is 1. The molecule has 0 aliphatic heterocycles. The topological polar surface area (TPSA) is 50.2 Å². The standard InChI is InChI=1S/C13H9F2NO2/c1-7-4-9(2-3-12(17)18)16-13-10(7)5-8(14)6-11(13)15/h2-6H,1H3,(H,17,18)/b3-2+. The van der Waals surface area contributed by atoms with Gasteiger partial charge in [-0.25, -0.2) is 18.6 Å². The summed E-state index contributed by atoms with van der Waals surface area (Å²) >= 11 is 0. The predicted molar refractivity (Wildman–Crippen MR) is 63.1 cm³/mol. The van der Waals surface area contributed by atoms with Crippen molar-refractivity contribution in [1.82, 2.24) is 4.98 Å². The molecule has 0 aliphatic rings. The Kier molecular flexibility index (Phi) is 3.06. The van der Waals surface area contributed by atoms with E-state index >= 15 is 0 Å². The maximum absolute atomic E-state index is 13.6. The number of benzene rings is 1. The Morgan fingerprint density at radius 1 is 1.33 bits per heavy atom. The number of hydrogen-bond acceptors (Lipinski definition) is 2. The van der Waals surface area contributed by atoms with Gasteiger partial charge in [0.25, 0.3) is 0 Å². The van der Waals surface area contributed by atoms with Gasteiger partial charge in [-0.1, -0.05) is 0 Å². The number of carbonyl (C=O) groups is 1. The van der Waals surface area contributed by atoms with E-state index in [9.17, 15) is 13.6 Å². The van der Waals surface area contributed by atoms with Crippen LogP contribution in [0.1, 0.15) is 11.3 Å². The predicted octanol–water partition coefficient (Wildman–Crippen LogP) is 2.92. The van der Waals surface area contributed by atoms with Crippen LogP contribution in [0.4, 0.5) is 8.78 Å². The van der Waals surface area contributed by atoms with Crippen molar-refractivity contribution >= 4 is 22.9 Å². The molecule has 18 heavy (non-hydrogen) atoms. The van der Waals surface area contributed by atoms with Crippen molar-refractivity contribution in [3.8, 4) is 0 Å². The molecular formula is C13H9F2NO2. The third kappa shape index (κ3) is 2.34. The zero-order chi connectivity index (χ0) is 13.3. The Morgan fingerprint density at radius 2 is 2.06 bits per heavy atom. The highest BCUT2D eigenvalue weighted by atomic mass is 19.1. The quantitative estimate of drug-likeness (QED) is 0.832. The second-order valence-electron chi connectivity index (χ2n) is 3.82. The molecule has 2 aromatic rings. The van der Waals surface area contributed by atoms with Gasteiger partial charge in [0.15, 0.2) is 5.82 Å². The van der Waals surface area contributed by atoms with Crippen LogP contribution in [0.25, 0.3) is 17.0 Å². The fraction of sp³-hybridized carbons (Fsp3) is 0.0769. The molecule has 0 unspecified atom stereocenters. The summed E-state index contributed by atoms with van der Waals surface area (Å²) in [5.41, 5.74) is 0.970. The van der Waals surface area contributed by atoms with Crippen molar-refractivity contribution in [2.75, 3.05) is 0 Å². The number of pyridine rings is 1. The largest absolute Gasteiger partial charge is 0.478 e. The molecule has 1 aromatic heterocycles. The summed E-state index contributed by atoms with van der Waals surface area (Å²) in [5, 5.41) is 8.89. The van der Waals surface area contributed by atoms with Crippen LogP contribution in [-0.2, 0) is 4.79 Å². The summed E-state index contributed by atoms with van der Waals surface area (Å²) in [4.78, 5) is 14.4. The van der Waals surface area contributed by atoms with E-state index in [1.165, 1.54) is 12.1 Å². The average molecular weight is 249 g/mol. The van der Waals surface area contributed by atoms with E-state index in [1.807, 2.05) is 0 Å². The summed E-state index contributed by atoms with van der Waals surface area (Å²) < 4.78 is 26.6. The van der Waals surface area contributed by atoms with Crippen LogP contribution in [0, 0.1) is 18.6 Å². The number of carboxylic acid groups (broad SMARTS) is 1. The van der Waals surface area contributed by atoms with E-state index in [1.54, 1.807) is 13.0 Å². The maximum Gasteiger partial charge on any atom is 0.328 e. The van der Waals surface area contributed by atoms with Gasteiger partial charge in [-0.05, 0) is 30.7 Å². The van der Waals surface area contributed by atoms with Crippen LogP contribution in [0.2, 0.25) is 0 Å². The highest BCUT2D eigenvalue weighted by molar-refractivity contribution is 5.87. The van der Waals surface area contributed by atoms with Crippen LogP contribution >= 0.6 is 0 Å². The zero-order valence-electron chi connectivity index (χ0n) is 9.45. The number of rotatable bonds is 2. The molecule has 0 fully saturated rings. The first-order valence-electron chi connectivity index (χ1n) is 5.15. The second-order valence-corrected chi connectivity index (χ2v) is 3.82. The van der Waals surface area contributed by atoms with Crippen molar-refractivity contribution in [2.45, 2.75) is 6.92 Å². The van der Waals surface area contributed by atoms with Crippen molar-refractivity contribution in [3.05, 3.63) is 47.2 Å². The lowest BCUT2D eigenvalue weighted by molar-refractivity contribution is -0.131. The third-order valence-corrected chi connectivity index (χ3v) is 2.45. The Hall–Kier alpha value is -2.30. The molecule has 1 aromatic carbocycles. The fourth-order valence-corrected chi connectivity index (χ4v) is 1.68. The molecule has 1 heterocycles. The van der Waals surface area contributed by atoms with E-state index in [0.717, 1.165) is 12.1 Å². The van der Waals surface area contributed by atoms with Crippen LogP contribution in [-0.4, -0.2) is 16.1 Å². The lowest BCUT2D eigenvalue weighted by atomic mass is 10.1. The molecule has 0 amide bonds. The molecule has 1 N–H and O–H groups in total. The number of halogens is 2. The van der Waals surface area contributed by atoms with E-state index in [2.05, 4.69) is 4.98 Å². The summed E-state index contributed by atoms with van der Waals surface area (Å²) in [6.07, 6.45) is 2.17. The summed E-state index contributed by atoms with van der Waals surface area (Å²) in [6.45, 7) is 1.68. The van der Waals surface area contributed by atoms with Gasteiger partial charge >= 0.3 is 5.97 Å². The van der Waals surface area contributed by atoms with Gasteiger partial charge in [-0.3, -0.25) is 0 Å². The number of carboxylic acids is 1.